The Labute approximate surface area is 225 Å². The molecule has 0 bridgehead atoms. The van der Waals surface area contributed by atoms with Gasteiger partial charge in [0.1, 0.15) is 0 Å². The van der Waals surface area contributed by atoms with E-state index in [-0.39, 0.29) is 9.61 Å². The average Bonchev–Trinajstić information content (AvgIpc) is 2.77. The van der Waals surface area contributed by atoms with E-state index in [4.69, 9.17) is 3.88 Å². The zero-order valence-corrected chi connectivity index (χ0v) is 27.9. The van der Waals surface area contributed by atoms with Crippen molar-refractivity contribution in [3.8, 4) is 0 Å². The van der Waals surface area contributed by atoms with Gasteiger partial charge in [-0.3, -0.25) is 0 Å². The quantitative estimate of drug-likeness (QED) is 0.0779. The number of unbranched alkanes of at least 4 members (excludes halogenated alkanes) is 3. The van der Waals surface area contributed by atoms with Crippen LogP contribution in [0.25, 0.3) is 0 Å². The van der Waals surface area contributed by atoms with Crippen LogP contribution in [0.1, 0.15) is 81.4 Å². The van der Waals surface area contributed by atoms with E-state index in [1.54, 1.807) is 12.1 Å². The standard InChI is InChI=1S/C14H16F3IO3S.3C4H9.Sn/c1-5-12(13(2,3)4)18(11-9-7-6-8-10-11)21-22(19,20)14(15,16)17;3*1-3-4-2;/h6-10H,1H2,2-4H3;3*1,3-4H2,2H3;/q+1;;;;/i9D;;;;. The molecule has 0 radical (unpaired) electrons. The molecule has 0 aliphatic carbocycles. The average molecular weight is 739 g/mol. The molecule has 0 aromatic heterocycles. The Hall–Kier alpha value is 0.0987. The van der Waals surface area contributed by atoms with E-state index in [0.29, 0.717) is 3.58 Å². The van der Waals surface area contributed by atoms with Crippen molar-refractivity contribution in [1.29, 1.82) is 0 Å². The second kappa shape index (κ2) is 14.9. The fourth-order valence-corrected chi connectivity index (χ4v) is 26.7. The third kappa shape index (κ3) is 10.8. The molecule has 1 aromatic rings. The molecular formula is C26H43F3IO3SSn+. The van der Waals surface area contributed by atoms with Crippen LogP contribution in [0.15, 0.2) is 33.9 Å². The Morgan fingerprint density at radius 3 is 1.91 bits per heavy atom. The molecule has 0 aliphatic rings. The zero-order valence-electron chi connectivity index (χ0n) is 23.0. The number of benzene rings is 1. The molecule has 9 heteroatoms. The van der Waals surface area contributed by atoms with Gasteiger partial charge in [-0.05, 0) is 0 Å². The maximum atomic E-state index is 13.4. The summed E-state index contributed by atoms with van der Waals surface area (Å²) in [6.07, 6.45) is 10.3. The van der Waals surface area contributed by atoms with E-state index in [0.717, 1.165) is 43.0 Å². The van der Waals surface area contributed by atoms with Crippen LogP contribution in [0.2, 0.25) is 17.7 Å². The van der Waals surface area contributed by atoms with Gasteiger partial charge in [0.2, 0.25) is 0 Å². The topological polar surface area (TPSA) is 43.4 Å². The van der Waals surface area contributed by atoms with Crippen molar-refractivity contribution in [2.75, 3.05) is 0 Å². The van der Waals surface area contributed by atoms with Crippen molar-refractivity contribution in [2.45, 2.75) is 103 Å². The van der Waals surface area contributed by atoms with Gasteiger partial charge in [0, 0.05) is 0 Å². The van der Waals surface area contributed by atoms with E-state index >= 15 is 0 Å². The molecule has 35 heavy (non-hydrogen) atoms. The first kappa shape index (κ1) is 31.3. The molecular weight excluding hydrogens is 695 g/mol. The van der Waals surface area contributed by atoms with Gasteiger partial charge in [-0.2, -0.15) is 0 Å². The van der Waals surface area contributed by atoms with Gasteiger partial charge in [-0.15, -0.1) is 0 Å². The van der Waals surface area contributed by atoms with Crippen LogP contribution >= 0.6 is 20.2 Å². The number of allylic oxidation sites excluding steroid dienone is 2. The molecule has 0 spiro atoms. The second-order valence-electron chi connectivity index (χ2n) is 10.2. The first-order chi connectivity index (χ1) is 16.6. The number of hydrogen-bond donors (Lipinski definition) is 0. The summed E-state index contributed by atoms with van der Waals surface area (Å²) >= 11 is -6.42. The van der Waals surface area contributed by atoms with Crippen molar-refractivity contribution < 1.29 is 25.5 Å². The SMILES string of the molecule is [2H]c1ccccc1I(OS(=O)(=O)C(F)(F)F)C(=[C+][CH2][Sn]([CH2]CCC)([CH2]CCC)[CH2]CCC)C(C)(C)C. The van der Waals surface area contributed by atoms with Crippen LogP contribution in [0.5, 0.6) is 0 Å². The third-order valence-corrected chi connectivity index (χ3v) is 28.7. The molecule has 0 heterocycles. The van der Waals surface area contributed by atoms with Gasteiger partial charge in [0.25, 0.3) is 0 Å². The van der Waals surface area contributed by atoms with Crippen LogP contribution in [0.4, 0.5) is 13.2 Å². The summed E-state index contributed by atoms with van der Waals surface area (Å²) in [6.45, 7) is 12.2. The summed E-state index contributed by atoms with van der Waals surface area (Å²) < 4.78 is 83.2. The molecule has 3 nitrogen and oxygen atoms in total. The molecule has 0 aliphatic heterocycles. The maximum absolute atomic E-state index is 13.4. The van der Waals surface area contributed by atoms with Crippen LogP contribution in [0, 0.1) is 15.1 Å². The molecule has 0 saturated carbocycles. The van der Waals surface area contributed by atoms with Gasteiger partial charge in [0.15, 0.2) is 0 Å². The van der Waals surface area contributed by atoms with Crippen molar-refractivity contribution in [3.05, 3.63) is 43.5 Å². The van der Waals surface area contributed by atoms with Gasteiger partial charge >= 0.3 is 226 Å². The van der Waals surface area contributed by atoms with E-state index in [1.807, 2.05) is 20.8 Å². The van der Waals surface area contributed by atoms with Crippen LogP contribution in [0.3, 0.4) is 0 Å². The van der Waals surface area contributed by atoms with Crippen molar-refractivity contribution in [1.82, 2.24) is 0 Å². The van der Waals surface area contributed by atoms with E-state index in [2.05, 4.69) is 26.8 Å². The Balaban J connectivity index is 3.70. The molecule has 202 valence electrons. The van der Waals surface area contributed by atoms with Gasteiger partial charge in [0.05, 0.1) is 0 Å². The fourth-order valence-electron chi connectivity index (χ4n) is 3.91. The molecule has 0 unspecified atom stereocenters. The summed E-state index contributed by atoms with van der Waals surface area (Å²) in [4.78, 5) is 0. The van der Waals surface area contributed by atoms with Gasteiger partial charge < -0.3 is 0 Å². The third-order valence-electron chi connectivity index (χ3n) is 5.92. The number of hydrogen-bond acceptors (Lipinski definition) is 3. The molecule has 0 N–H and O–H groups in total. The summed E-state index contributed by atoms with van der Waals surface area (Å²) in [7, 11) is -5.82. The summed E-state index contributed by atoms with van der Waals surface area (Å²) in [6, 6.07) is 6.24. The van der Waals surface area contributed by atoms with Crippen molar-refractivity contribution >= 4 is 48.7 Å². The number of rotatable bonds is 15. The Morgan fingerprint density at radius 2 is 1.51 bits per heavy atom. The number of halogens is 4. The predicted molar refractivity (Wildman–Crippen MR) is 151 cm³/mol. The molecule has 1 aromatic carbocycles. The van der Waals surface area contributed by atoms with Crippen LogP contribution in [-0.4, -0.2) is 32.3 Å². The minimum atomic E-state index is -5.82. The van der Waals surface area contributed by atoms with Crippen LogP contribution in [-0.2, 0) is 12.6 Å². The molecule has 0 fully saturated rings. The second-order valence-corrected chi connectivity index (χ2v) is 30.2. The molecule has 0 amide bonds. The van der Waals surface area contributed by atoms with Crippen LogP contribution < -0.4 is 0 Å². The van der Waals surface area contributed by atoms with Crippen molar-refractivity contribution in [3.63, 3.8) is 0 Å². The first-order valence-corrected chi connectivity index (χ1v) is 25.0. The zero-order chi connectivity index (χ0) is 27.6. The number of alkyl halides is 3. The predicted octanol–water partition coefficient (Wildman–Crippen LogP) is 9.73. The fraction of sp³-hybridized carbons (Fsp3) is 0.692. The summed E-state index contributed by atoms with van der Waals surface area (Å²) in [5.41, 5.74) is -6.17. The van der Waals surface area contributed by atoms with E-state index in [1.165, 1.54) is 25.4 Å². The molecule has 1 rings (SSSR count). The summed E-state index contributed by atoms with van der Waals surface area (Å²) in [5.74, 6) is 0. The minimum absolute atomic E-state index is 0.00125. The van der Waals surface area contributed by atoms with Gasteiger partial charge in [-0.1, -0.05) is 0 Å². The normalized spacial score (nSPS) is 14.5. The first-order valence-electron chi connectivity index (χ1n) is 13.0. The Bertz CT molecular complexity index is 925. The summed E-state index contributed by atoms with van der Waals surface area (Å²) in [5, 5.41) is 0. The van der Waals surface area contributed by atoms with Gasteiger partial charge in [-0.25, -0.2) is 0 Å². The Morgan fingerprint density at radius 1 is 1.00 bits per heavy atom. The van der Waals surface area contributed by atoms with E-state index in [9.17, 15) is 21.6 Å². The Kier molecular flexibility index (Phi) is 13.3. The molecule has 0 saturated heterocycles. The monoisotopic (exact) mass is 740 g/mol. The van der Waals surface area contributed by atoms with E-state index < -0.39 is 59.7 Å². The van der Waals surface area contributed by atoms with Crippen molar-refractivity contribution in [2.24, 2.45) is 5.41 Å². The molecule has 0 atom stereocenters.